The second-order valence-corrected chi connectivity index (χ2v) is 3.68. The first-order valence-electron chi connectivity index (χ1n) is 4.74. The molecule has 0 bridgehead atoms. The summed E-state index contributed by atoms with van der Waals surface area (Å²) in [6.07, 6.45) is 1.01. The molecule has 0 saturated carbocycles. The Hall–Kier alpha value is -1.13. The predicted octanol–water partition coefficient (Wildman–Crippen LogP) is 3.73. The predicted molar refractivity (Wildman–Crippen MR) is 65.3 cm³/mol. The van der Waals surface area contributed by atoms with Gasteiger partial charge in [0.15, 0.2) is 0 Å². The molecule has 0 nitrogen and oxygen atoms in total. The lowest BCUT2D eigenvalue weighted by Crippen LogP contribution is -1.80. The summed E-state index contributed by atoms with van der Waals surface area (Å²) in [6, 6.07) is 19.1. The molecule has 1 atom stereocenters. The van der Waals surface area contributed by atoms with E-state index in [1.165, 1.54) is 16.7 Å². The van der Waals surface area contributed by atoms with Crippen LogP contribution in [-0.2, 0) is 6.16 Å². The highest BCUT2D eigenvalue weighted by Gasteiger charge is 1.96. The molecule has 2 aromatic rings. The molecule has 70 valence electrons. The normalized spacial score (nSPS) is 10.1. The van der Waals surface area contributed by atoms with Crippen LogP contribution in [0.3, 0.4) is 0 Å². The zero-order valence-electron chi connectivity index (χ0n) is 7.98. The monoisotopic (exact) mass is 200 g/mol. The fourth-order valence-corrected chi connectivity index (χ4v) is 1.76. The quantitative estimate of drug-likeness (QED) is 0.648. The van der Waals surface area contributed by atoms with Gasteiger partial charge < -0.3 is 0 Å². The molecule has 0 aliphatic rings. The molecule has 0 saturated heterocycles. The molecule has 0 amide bonds. The van der Waals surface area contributed by atoms with E-state index in [0.717, 1.165) is 6.16 Å². The Balaban J connectivity index is 2.42. The van der Waals surface area contributed by atoms with Gasteiger partial charge in [0.1, 0.15) is 0 Å². The third kappa shape index (κ3) is 2.02. The first-order valence-corrected chi connectivity index (χ1v) is 5.56. The standard InChI is InChI=1S/C13H13P/c14-10-11-5-4-8-13(9-11)12-6-2-1-3-7-12/h1-9H,10,14H2. The number of benzene rings is 2. The van der Waals surface area contributed by atoms with Crippen LogP contribution in [0.1, 0.15) is 5.56 Å². The maximum absolute atomic E-state index is 2.75. The number of rotatable bonds is 2. The van der Waals surface area contributed by atoms with Gasteiger partial charge in [0, 0.05) is 0 Å². The second kappa shape index (κ2) is 4.39. The van der Waals surface area contributed by atoms with Crippen molar-refractivity contribution in [1.82, 2.24) is 0 Å². The molecule has 2 aromatic carbocycles. The molecule has 0 heterocycles. The third-order valence-electron chi connectivity index (χ3n) is 2.27. The van der Waals surface area contributed by atoms with Gasteiger partial charge in [0.05, 0.1) is 0 Å². The molecule has 1 heteroatoms. The van der Waals surface area contributed by atoms with Crippen LogP contribution in [0.2, 0.25) is 0 Å². The van der Waals surface area contributed by atoms with Crippen LogP contribution in [0.4, 0.5) is 0 Å². The molecule has 0 N–H and O–H groups in total. The van der Waals surface area contributed by atoms with Gasteiger partial charge in [-0.25, -0.2) is 0 Å². The van der Waals surface area contributed by atoms with Crippen molar-refractivity contribution in [3.05, 3.63) is 60.2 Å². The zero-order chi connectivity index (χ0) is 9.80. The summed E-state index contributed by atoms with van der Waals surface area (Å²) in [5, 5.41) is 0. The van der Waals surface area contributed by atoms with Crippen LogP contribution >= 0.6 is 9.24 Å². The summed E-state index contributed by atoms with van der Waals surface area (Å²) in [6.45, 7) is 0. The summed E-state index contributed by atoms with van der Waals surface area (Å²) >= 11 is 0. The average molecular weight is 200 g/mol. The molecule has 0 aliphatic carbocycles. The Morgan fingerprint density at radius 3 is 2.21 bits per heavy atom. The fraction of sp³-hybridized carbons (Fsp3) is 0.0769. The first kappa shape index (κ1) is 9.43. The molecule has 1 unspecified atom stereocenters. The van der Waals surface area contributed by atoms with Crippen molar-refractivity contribution in [1.29, 1.82) is 0 Å². The average Bonchev–Trinajstić information content (AvgIpc) is 2.30. The zero-order valence-corrected chi connectivity index (χ0v) is 9.14. The molecular weight excluding hydrogens is 187 g/mol. The van der Waals surface area contributed by atoms with E-state index in [1.807, 2.05) is 6.07 Å². The largest absolute Gasteiger partial charge is 0.133 e. The Morgan fingerprint density at radius 2 is 1.50 bits per heavy atom. The third-order valence-corrected chi connectivity index (χ3v) is 2.74. The van der Waals surface area contributed by atoms with E-state index in [2.05, 4.69) is 57.8 Å². The van der Waals surface area contributed by atoms with Crippen molar-refractivity contribution in [3.63, 3.8) is 0 Å². The van der Waals surface area contributed by atoms with E-state index in [-0.39, 0.29) is 0 Å². The molecule has 2 rings (SSSR count). The lowest BCUT2D eigenvalue weighted by Gasteiger charge is -2.03. The van der Waals surface area contributed by atoms with Gasteiger partial charge in [-0.05, 0) is 22.9 Å². The van der Waals surface area contributed by atoms with Gasteiger partial charge in [-0.3, -0.25) is 0 Å². The van der Waals surface area contributed by atoms with Crippen molar-refractivity contribution < 1.29 is 0 Å². The Morgan fingerprint density at radius 1 is 0.786 bits per heavy atom. The SMILES string of the molecule is PCc1cccc(-c2ccccc2)c1. The number of hydrogen-bond donors (Lipinski definition) is 0. The van der Waals surface area contributed by atoms with E-state index in [9.17, 15) is 0 Å². The van der Waals surface area contributed by atoms with Crippen molar-refractivity contribution in [2.24, 2.45) is 0 Å². The van der Waals surface area contributed by atoms with Crippen LogP contribution in [0, 0.1) is 0 Å². The van der Waals surface area contributed by atoms with Crippen LogP contribution in [0.15, 0.2) is 54.6 Å². The minimum absolute atomic E-state index is 1.01. The van der Waals surface area contributed by atoms with Gasteiger partial charge in [-0.15, -0.1) is 9.24 Å². The van der Waals surface area contributed by atoms with Crippen molar-refractivity contribution >= 4 is 9.24 Å². The van der Waals surface area contributed by atoms with Crippen molar-refractivity contribution in [2.75, 3.05) is 0 Å². The van der Waals surface area contributed by atoms with Crippen LogP contribution < -0.4 is 0 Å². The summed E-state index contributed by atoms with van der Waals surface area (Å²) in [7, 11) is 2.75. The first-order chi connectivity index (χ1) is 6.90. The van der Waals surface area contributed by atoms with E-state index in [1.54, 1.807) is 0 Å². The maximum Gasteiger partial charge on any atom is -0.0128 e. The van der Waals surface area contributed by atoms with Gasteiger partial charge in [0.25, 0.3) is 0 Å². The van der Waals surface area contributed by atoms with E-state index in [4.69, 9.17) is 0 Å². The maximum atomic E-state index is 2.75. The lowest BCUT2D eigenvalue weighted by atomic mass is 10.0. The Bertz CT molecular complexity index is 407. The van der Waals surface area contributed by atoms with Crippen LogP contribution in [0.5, 0.6) is 0 Å². The molecule has 0 spiro atoms. The van der Waals surface area contributed by atoms with Gasteiger partial charge in [-0.1, -0.05) is 54.6 Å². The summed E-state index contributed by atoms with van der Waals surface area (Å²) in [5.41, 5.74) is 3.94. The molecule has 0 fully saturated rings. The topological polar surface area (TPSA) is 0 Å². The minimum atomic E-state index is 1.01. The van der Waals surface area contributed by atoms with Crippen LogP contribution in [0.25, 0.3) is 11.1 Å². The van der Waals surface area contributed by atoms with Crippen molar-refractivity contribution in [2.45, 2.75) is 6.16 Å². The molecule has 0 radical (unpaired) electrons. The Labute approximate surface area is 87.2 Å². The summed E-state index contributed by atoms with van der Waals surface area (Å²) in [5.74, 6) is 0. The molecule has 14 heavy (non-hydrogen) atoms. The smallest absolute Gasteiger partial charge is 0.0128 e. The van der Waals surface area contributed by atoms with Crippen molar-refractivity contribution in [3.8, 4) is 11.1 Å². The Kier molecular flexibility index (Phi) is 2.96. The van der Waals surface area contributed by atoms with Crippen LogP contribution in [-0.4, -0.2) is 0 Å². The number of hydrogen-bond acceptors (Lipinski definition) is 0. The summed E-state index contributed by atoms with van der Waals surface area (Å²) in [4.78, 5) is 0. The highest BCUT2D eigenvalue weighted by molar-refractivity contribution is 7.15. The van der Waals surface area contributed by atoms with Gasteiger partial charge in [-0.2, -0.15) is 0 Å². The molecule has 0 aliphatic heterocycles. The minimum Gasteiger partial charge on any atom is -0.133 e. The second-order valence-electron chi connectivity index (χ2n) is 3.27. The highest BCUT2D eigenvalue weighted by atomic mass is 31.0. The van der Waals surface area contributed by atoms with Gasteiger partial charge in [0.2, 0.25) is 0 Å². The van der Waals surface area contributed by atoms with E-state index >= 15 is 0 Å². The van der Waals surface area contributed by atoms with E-state index in [0.29, 0.717) is 0 Å². The highest BCUT2D eigenvalue weighted by Crippen LogP contribution is 2.20. The fourth-order valence-electron chi connectivity index (χ4n) is 1.51. The lowest BCUT2D eigenvalue weighted by molar-refractivity contribution is 1.42. The van der Waals surface area contributed by atoms with Gasteiger partial charge >= 0.3 is 0 Å². The summed E-state index contributed by atoms with van der Waals surface area (Å²) < 4.78 is 0. The molecule has 0 aromatic heterocycles. The molecular formula is C13H13P. The van der Waals surface area contributed by atoms with E-state index < -0.39 is 0 Å².